The van der Waals surface area contributed by atoms with E-state index in [1.807, 2.05) is 0 Å². The number of nitrogen functional groups attached to an aromatic ring is 1. The maximum atomic E-state index is 12.6. The van der Waals surface area contributed by atoms with Gasteiger partial charge in [-0.2, -0.15) is 0 Å². The van der Waals surface area contributed by atoms with Gasteiger partial charge in [0.05, 0.1) is 39.2 Å². The van der Waals surface area contributed by atoms with Crippen molar-refractivity contribution in [2.24, 2.45) is 0 Å². The molecule has 6 nitrogen and oxygen atoms in total. The van der Waals surface area contributed by atoms with Gasteiger partial charge >= 0.3 is 0 Å². The molecule has 138 valence electrons. The molecule has 26 heavy (non-hydrogen) atoms. The van der Waals surface area contributed by atoms with Crippen LogP contribution in [0.1, 0.15) is 15.9 Å². The number of ether oxygens (including phenoxy) is 4. The van der Waals surface area contributed by atoms with Gasteiger partial charge in [-0.15, -0.1) is 0 Å². The SMILES string of the molecule is COc1ccc(C(=O)/C(Cl)=C\c2ccc(OC)c(OC)c2OC)cc1N. The van der Waals surface area contributed by atoms with Crippen molar-refractivity contribution in [3.8, 4) is 23.0 Å². The molecule has 0 aliphatic heterocycles. The highest BCUT2D eigenvalue weighted by atomic mass is 35.5. The average molecular weight is 378 g/mol. The molecule has 0 saturated heterocycles. The van der Waals surface area contributed by atoms with Gasteiger partial charge in [0.25, 0.3) is 0 Å². The van der Waals surface area contributed by atoms with E-state index in [2.05, 4.69) is 0 Å². The van der Waals surface area contributed by atoms with E-state index in [9.17, 15) is 4.79 Å². The summed E-state index contributed by atoms with van der Waals surface area (Å²) in [5.74, 6) is 1.44. The Morgan fingerprint density at radius 2 is 1.54 bits per heavy atom. The Labute approximate surface area is 157 Å². The Bertz CT molecular complexity index is 848. The zero-order chi connectivity index (χ0) is 19.3. The number of halogens is 1. The summed E-state index contributed by atoms with van der Waals surface area (Å²) in [5, 5.41) is 0.0000803. The van der Waals surface area contributed by atoms with Crippen LogP contribution in [0, 0.1) is 0 Å². The predicted octanol–water partition coefficient (Wildman–Crippen LogP) is 3.77. The van der Waals surface area contributed by atoms with Crippen LogP contribution in [0.3, 0.4) is 0 Å². The molecule has 0 radical (unpaired) electrons. The van der Waals surface area contributed by atoms with Gasteiger partial charge in [-0.1, -0.05) is 11.6 Å². The zero-order valence-corrected chi connectivity index (χ0v) is 15.7. The third kappa shape index (κ3) is 3.86. The molecule has 0 heterocycles. The summed E-state index contributed by atoms with van der Waals surface area (Å²) in [5.41, 5.74) is 7.13. The number of carbonyl (C=O) groups is 1. The lowest BCUT2D eigenvalue weighted by Crippen LogP contribution is -2.02. The third-order valence-corrected chi connectivity index (χ3v) is 4.01. The topological polar surface area (TPSA) is 80.0 Å². The fourth-order valence-corrected chi connectivity index (χ4v) is 2.68. The summed E-state index contributed by atoms with van der Waals surface area (Å²) in [6.45, 7) is 0. The lowest BCUT2D eigenvalue weighted by Gasteiger charge is -2.14. The van der Waals surface area contributed by atoms with Crippen LogP contribution in [0.2, 0.25) is 0 Å². The Morgan fingerprint density at radius 1 is 0.923 bits per heavy atom. The number of ketones is 1. The average Bonchev–Trinajstić information content (AvgIpc) is 2.66. The second kappa shape index (κ2) is 8.49. The quantitative estimate of drug-likeness (QED) is 0.449. The molecule has 0 fully saturated rings. The third-order valence-electron chi connectivity index (χ3n) is 3.73. The molecule has 2 aromatic carbocycles. The minimum Gasteiger partial charge on any atom is -0.495 e. The van der Waals surface area contributed by atoms with Gasteiger partial charge in [0.2, 0.25) is 11.5 Å². The molecule has 2 aromatic rings. The zero-order valence-electron chi connectivity index (χ0n) is 15.0. The van der Waals surface area contributed by atoms with Crippen molar-refractivity contribution in [1.82, 2.24) is 0 Å². The van der Waals surface area contributed by atoms with Gasteiger partial charge in [-0.25, -0.2) is 0 Å². The molecule has 0 spiro atoms. The van der Waals surface area contributed by atoms with Crippen LogP contribution in [0.15, 0.2) is 35.4 Å². The second-order valence-electron chi connectivity index (χ2n) is 5.20. The number of Topliss-reactive ketones (excluding diaryl/α,β-unsaturated/α-hetero) is 1. The number of benzene rings is 2. The van der Waals surface area contributed by atoms with E-state index in [1.165, 1.54) is 40.6 Å². The number of nitrogens with two attached hydrogens (primary N) is 1. The maximum absolute atomic E-state index is 12.6. The summed E-state index contributed by atoms with van der Waals surface area (Å²) >= 11 is 6.24. The fraction of sp³-hybridized carbons (Fsp3) is 0.211. The molecule has 0 atom stereocenters. The van der Waals surface area contributed by atoms with E-state index >= 15 is 0 Å². The molecule has 0 bridgehead atoms. The Kier molecular flexibility index (Phi) is 6.36. The summed E-state index contributed by atoms with van der Waals surface area (Å²) in [6.07, 6.45) is 1.51. The number of rotatable bonds is 7. The predicted molar refractivity (Wildman–Crippen MR) is 102 cm³/mol. The van der Waals surface area contributed by atoms with E-state index in [0.29, 0.717) is 39.8 Å². The number of methoxy groups -OCH3 is 4. The van der Waals surface area contributed by atoms with Crippen LogP contribution in [0.4, 0.5) is 5.69 Å². The van der Waals surface area contributed by atoms with E-state index in [0.717, 1.165) is 0 Å². The lowest BCUT2D eigenvalue weighted by atomic mass is 10.1. The fourth-order valence-electron chi connectivity index (χ4n) is 2.45. The Hall–Kier alpha value is -2.86. The number of anilines is 1. The first-order valence-electron chi connectivity index (χ1n) is 7.61. The van der Waals surface area contributed by atoms with Crippen LogP contribution in [0.5, 0.6) is 23.0 Å². The van der Waals surface area contributed by atoms with Crippen LogP contribution < -0.4 is 24.7 Å². The first-order valence-corrected chi connectivity index (χ1v) is 7.99. The smallest absolute Gasteiger partial charge is 0.204 e. The largest absolute Gasteiger partial charge is 0.495 e. The van der Waals surface area contributed by atoms with Crippen molar-refractivity contribution in [1.29, 1.82) is 0 Å². The van der Waals surface area contributed by atoms with Crippen molar-refractivity contribution >= 4 is 29.1 Å². The number of allylic oxidation sites excluding steroid dienone is 1. The highest BCUT2D eigenvalue weighted by Crippen LogP contribution is 2.41. The molecule has 0 aromatic heterocycles. The van der Waals surface area contributed by atoms with Crippen molar-refractivity contribution < 1.29 is 23.7 Å². The first kappa shape index (κ1) is 19.5. The van der Waals surface area contributed by atoms with Gasteiger partial charge in [0.15, 0.2) is 11.5 Å². The first-order chi connectivity index (χ1) is 12.5. The Balaban J connectivity index is 2.43. The van der Waals surface area contributed by atoms with Gasteiger partial charge in [-0.05, 0) is 36.4 Å². The van der Waals surface area contributed by atoms with E-state index in [1.54, 1.807) is 24.3 Å². The molecule has 0 aliphatic rings. The molecule has 2 N–H and O–H groups in total. The van der Waals surface area contributed by atoms with E-state index < -0.39 is 0 Å². The van der Waals surface area contributed by atoms with Crippen LogP contribution >= 0.6 is 11.6 Å². The molecular formula is C19H20ClNO5. The normalized spacial score (nSPS) is 11.0. The molecule has 2 rings (SSSR count). The summed E-state index contributed by atoms with van der Waals surface area (Å²) < 4.78 is 21.0. The Morgan fingerprint density at radius 3 is 2.08 bits per heavy atom. The van der Waals surface area contributed by atoms with Crippen LogP contribution in [-0.2, 0) is 0 Å². The summed E-state index contributed by atoms with van der Waals surface area (Å²) in [4.78, 5) is 12.6. The number of carbonyl (C=O) groups excluding carboxylic acids is 1. The minimum absolute atomic E-state index is 0.0000803. The van der Waals surface area contributed by atoms with Crippen LogP contribution in [-0.4, -0.2) is 34.2 Å². The molecule has 0 amide bonds. The van der Waals surface area contributed by atoms with E-state index in [-0.39, 0.29) is 10.8 Å². The van der Waals surface area contributed by atoms with Crippen molar-refractivity contribution in [3.05, 3.63) is 46.5 Å². The molecule has 0 aliphatic carbocycles. The second-order valence-corrected chi connectivity index (χ2v) is 5.61. The highest BCUT2D eigenvalue weighted by Gasteiger charge is 2.17. The number of hydrogen-bond acceptors (Lipinski definition) is 6. The standard InChI is InChI=1S/C19H20ClNO5/c1-23-15-7-5-11(10-14(15)21)17(22)13(20)9-12-6-8-16(24-2)19(26-4)18(12)25-3/h5-10H,21H2,1-4H3/b13-9+. The van der Waals surface area contributed by atoms with Gasteiger partial charge in [0.1, 0.15) is 5.75 Å². The molecule has 0 unspecified atom stereocenters. The van der Waals surface area contributed by atoms with E-state index in [4.69, 9.17) is 36.3 Å². The maximum Gasteiger partial charge on any atom is 0.204 e. The van der Waals surface area contributed by atoms with Gasteiger partial charge < -0.3 is 24.7 Å². The summed E-state index contributed by atoms with van der Waals surface area (Å²) in [7, 11) is 6.02. The van der Waals surface area contributed by atoms with Gasteiger partial charge in [0, 0.05) is 11.1 Å². The highest BCUT2D eigenvalue weighted by molar-refractivity contribution is 6.47. The molecular weight excluding hydrogens is 358 g/mol. The van der Waals surface area contributed by atoms with Crippen molar-refractivity contribution in [3.63, 3.8) is 0 Å². The van der Waals surface area contributed by atoms with Crippen molar-refractivity contribution in [2.45, 2.75) is 0 Å². The summed E-state index contributed by atoms with van der Waals surface area (Å²) in [6, 6.07) is 8.15. The minimum atomic E-state index is -0.377. The monoisotopic (exact) mass is 377 g/mol. The number of hydrogen-bond donors (Lipinski definition) is 1. The lowest BCUT2D eigenvalue weighted by molar-refractivity contribution is 0.104. The molecule has 7 heteroatoms. The van der Waals surface area contributed by atoms with Gasteiger partial charge in [-0.3, -0.25) is 4.79 Å². The van der Waals surface area contributed by atoms with Crippen molar-refractivity contribution in [2.75, 3.05) is 34.2 Å². The molecule has 0 saturated carbocycles. The van der Waals surface area contributed by atoms with Crippen LogP contribution in [0.25, 0.3) is 6.08 Å².